The van der Waals surface area contributed by atoms with E-state index in [2.05, 4.69) is 41.5 Å². The Labute approximate surface area is 225 Å². The molecule has 212 valence electrons. The van der Waals surface area contributed by atoms with Gasteiger partial charge in [-0.2, -0.15) is 0 Å². The summed E-state index contributed by atoms with van der Waals surface area (Å²) in [5.74, 6) is 3.69. The second-order valence-electron chi connectivity index (χ2n) is 13.4. The maximum Gasteiger partial charge on any atom is -0.0443 e. The van der Waals surface area contributed by atoms with Crippen molar-refractivity contribution in [1.29, 1.82) is 0 Å². The average Bonchev–Trinajstić information content (AvgIpc) is 2.81. The molecule has 0 aliphatic carbocycles. The third-order valence-corrected chi connectivity index (χ3v) is 8.35. The molecule has 0 rings (SSSR count). The minimum Gasteiger partial charge on any atom is -0.0628 e. The van der Waals surface area contributed by atoms with E-state index in [1.807, 2.05) is 0 Å². The first-order chi connectivity index (χ1) is 16.9. The molecule has 0 heteroatoms. The fraction of sp³-hybridized carbons (Fsp3) is 1.00. The fourth-order valence-corrected chi connectivity index (χ4v) is 5.66. The molecule has 0 N–H and O–H groups in total. The highest BCUT2D eigenvalue weighted by atomic mass is 14.1. The lowest BCUT2D eigenvalue weighted by Gasteiger charge is -2.11. The van der Waals surface area contributed by atoms with Crippen molar-refractivity contribution in [3.05, 3.63) is 0 Å². The molecule has 0 saturated heterocycles. The molecule has 2 atom stereocenters. The summed E-state index contributed by atoms with van der Waals surface area (Å²) < 4.78 is 0. The molecule has 0 aliphatic heterocycles. The molecular formula is C35H72. The van der Waals surface area contributed by atoms with Crippen molar-refractivity contribution in [3.8, 4) is 0 Å². The van der Waals surface area contributed by atoms with E-state index < -0.39 is 0 Å². The Morgan fingerprint density at radius 2 is 0.400 bits per heavy atom. The van der Waals surface area contributed by atoms with Gasteiger partial charge in [0.2, 0.25) is 0 Å². The van der Waals surface area contributed by atoms with Crippen LogP contribution in [0.2, 0.25) is 0 Å². The van der Waals surface area contributed by atoms with Crippen LogP contribution in [-0.2, 0) is 0 Å². The topological polar surface area (TPSA) is 0 Å². The van der Waals surface area contributed by atoms with Gasteiger partial charge in [-0.05, 0) is 23.7 Å². The molecule has 2 unspecified atom stereocenters. The molecule has 0 fully saturated rings. The maximum absolute atomic E-state index is 2.48. The van der Waals surface area contributed by atoms with Gasteiger partial charge in [0.15, 0.2) is 0 Å². The van der Waals surface area contributed by atoms with Gasteiger partial charge in [0, 0.05) is 0 Å². The van der Waals surface area contributed by atoms with Gasteiger partial charge in [0.1, 0.15) is 0 Å². The first-order valence-electron chi connectivity index (χ1n) is 16.9. The van der Waals surface area contributed by atoms with Gasteiger partial charge >= 0.3 is 0 Å². The van der Waals surface area contributed by atoms with Crippen LogP contribution >= 0.6 is 0 Å². The van der Waals surface area contributed by atoms with Crippen LogP contribution in [0.1, 0.15) is 202 Å². The number of hydrogen-bond donors (Lipinski definition) is 0. The van der Waals surface area contributed by atoms with Crippen molar-refractivity contribution in [2.75, 3.05) is 0 Å². The van der Waals surface area contributed by atoms with E-state index in [0.717, 1.165) is 23.7 Å². The van der Waals surface area contributed by atoms with E-state index in [1.165, 1.54) is 161 Å². The second-order valence-corrected chi connectivity index (χ2v) is 13.4. The van der Waals surface area contributed by atoms with Crippen LogP contribution in [0.4, 0.5) is 0 Å². The summed E-state index contributed by atoms with van der Waals surface area (Å²) in [7, 11) is 0. The van der Waals surface area contributed by atoms with E-state index in [0.29, 0.717) is 0 Å². The Kier molecular flexibility index (Phi) is 27.0. The Balaban J connectivity index is 3.18. The highest BCUT2D eigenvalue weighted by molar-refractivity contribution is 4.58. The van der Waals surface area contributed by atoms with E-state index in [9.17, 15) is 0 Å². The first kappa shape index (κ1) is 35.0. The Morgan fingerprint density at radius 1 is 0.229 bits per heavy atom. The van der Waals surface area contributed by atoms with Gasteiger partial charge in [-0.1, -0.05) is 202 Å². The number of rotatable bonds is 28. The molecular weight excluding hydrogens is 420 g/mol. The van der Waals surface area contributed by atoms with Crippen LogP contribution in [-0.4, -0.2) is 0 Å². The maximum atomic E-state index is 2.48. The normalized spacial score (nSPS) is 13.7. The van der Waals surface area contributed by atoms with Crippen LogP contribution in [0.15, 0.2) is 0 Å². The summed E-state index contributed by atoms with van der Waals surface area (Å²) in [5.41, 5.74) is 0. The largest absolute Gasteiger partial charge is 0.0628 e. The molecule has 0 aliphatic rings. The Bertz CT molecular complexity index is 345. The molecule has 0 aromatic heterocycles. The van der Waals surface area contributed by atoms with Gasteiger partial charge in [-0.15, -0.1) is 0 Å². The summed E-state index contributed by atoms with van der Waals surface area (Å²) in [4.78, 5) is 0. The predicted molar refractivity (Wildman–Crippen MR) is 163 cm³/mol. The van der Waals surface area contributed by atoms with Crippen molar-refractivity contribution in [2.24, 2.45) is 23.7 Å². The van der Waals surface area contributed by atoms with Gasteiger partial charge in [0.25, 0.3) is 0 Å². The third kappa shape index (κ3) is 30.1. The van der Waals surface area contributed by atoms with Crippen LogP contribution < -0.4 is 0 Å². The molecule has 0 radical (unpaired) electrons. The van der Waals surface area contributed by atoms with Gasteiger partial charge in [-0.25, -0.2) is 0 Å². The molecule has 0 aromatic rings. The van der Waals surface area contributed by atoms with Crippen molar-refractivity contribution >= 4 is 0 Å². The quantitative estimate of drug-likeness (QED) is 0.0952. The third-order valence-electron chi connectivity index (χ3n) is 8.35. The molecule has 0 nitrogen and oxygen atoms in total. The molecule has 0 heterocycles. The van der Waals surface area contributed by atoms with E-state index in [1.54, 1.807) is 0 Å². The van der Waals surface area contributed by atoms with Crippen molar-refractivity contribution in [1.82, 2.24) is 0 Å². The number of hydrogen-bond acceptors (Lipinski definition) is 0. The fourth-order valence-electron chi connectivity index (χ4n) is 5.66. The van der Waals surface area contributed by atoms with E-state index in [4.69, 9.17) is 0 Å². The van der Waals surface area contributed by atoms with Gasteiger partial charge in [0.05, 0.1) is 0 Å². The summed E-state index contributed by atoms with van der Waals surface area (Å²) in [6, 6.07) is 0. The lowest BCUT2D eigenvalue weighted by atomic mass is 9.95. The summed E-state index contributed by atoms with van der Waals surface area (Å²) >= 11 is 0. The van der Waals surface area contributed by atoms with Crippen LogP contribution in [0.25, 0.3) is 0 Å². The van der Waals surface area contributed by atoms with Crippen molar-refractivity contribution < 1.29 is 0 Å². The second kappa shape index (κ2) is 27.0. The monoisotopic (exact) mass is 493 g/mol. The number of unbranched alkanes of at least 4 members (excludes halogenated alkanes) is 16. The summed E-state index contributed by atoms with van der Waals surface area (Å²) in [6.45, 7) is 14.4. The zero-order valence-electron chi connectivity index (χ0n) is 26.0. The molecule has 0 aromatic carbocycles. The lowest BCUT2D eigenvalue weighted by molar-refractivity contribution is 0.421. The van der Waals surface area contributed by atoms with E-state index >= 15 is 0 Å². The van der Waals surface area contributed by atoms with Gasteiger partial charge in [-0.3, -0.25) is 0 Å². The zero-order valence-corrected chi connectivity index (χ0v) is 26.0. The molecule has 0 saturated carbocycles. The molecule has 0 amide bonds. The van der Waals surface area contributed by atoms with E-state index in [-0.39, 0.29) is 0 Å². The molecule has 0 bridgehead atoms. The molecule has 0 spiro atoms. The van der Waals surface area contributed by atoms with Crippen LogP contribution in [0, 0.1) is 23.7 Å². The smallest absolute Gasteiger partial charge is 0.0443 e. The van der Waals surface area contributed by atoms with Crippen LogP contribution in [0.3, 0.4) is 0 Å². The van der Waals surface area contributed by atoms with Gasteiger partial charge < -0.3 is 0 Å². The van der Waals surface area contributed by atoms with Crippen molar-refractivity contribution in [3.63, 3.8) is 0 Å². The highest BCUT2D eigenvalue weighted by Crippen LogP contribution is 2.20. The zero-order chi connectivity index (χ0) is 26.0. The minimum atomic E-state index is 0.887. The highest BCUT2D eigenvalue weighted by Gasteiger charge is 2.04. The summed E-state index contributed by atoms with van der Waals surface area (Å²) in [6.07, 6.45) is 36.8. The first-order valence-corrected chi connectivity index (χ1v) is 16.9. The van der Waals surface area contributed by atoms with Crippen LogP contribution in [0.5, 0.6) is 0 Å². The van der Waals surface area contributed by atoms with Crippen molar-refractivity contribution in [2.45, 2.75) is 202 Å². The SMILES string of the molecule is CC(C)CCCCC(C)CCCCCCCCCCCCCCCCCC(C)CCCCC(C)C. The molecule has 35 heavy (non-hydrogen) atoms. The predicted octanol–water partition coefficient (Wildman–Crippen LogP) is 13.3. The average molecular weight is 493 g/mol. The minimum absolute atomic E-state index is 0.887. The lowest BCUT2D eigenvalue weighted by Crippen LogP contribution is -1.96. The summed E-state index contributed by atoms with van der Waals surface area (Å²) in [5, 5.41) is 0. The Morgan fingerprint density at radius 3 is 0.629 bits per heavy atom. The standard InChI is InChI=1S/C35H72/c1-32(2)26-22-24-30-34(5)28-20-18-16-14-12-10-8-7-9-11-13-15-17-19-21-29-35(6)31-25-23-27-33(3)4/h32-35H,7-31H2,1-6H3. The Hall–Kier alpha value is 0.